The zero-order chi connectivity index (χ0) is 14.8. The molecule has 0 radical (unpaired) electrons. The van der Waals surface area contributed by atoms with Gasteiger partial charge >= 0.3 is 0 Å². The Kier molecular flexibility index (Phi) is 8.17. The van der Waals surface area contributed by atoms with E-state index in [1.54, 1.807) is 7.11 Å². The lowest BCUT2D eigenvalue weighted by atomic mass is 10.2. The Morgan fingerprint density at radius 3 is 2.80 bits per heavy atom. The van der Waals surface area contributed by atoms with Gasteiger partial charge in [0.1, 0.15) is 0 Å². The van der Waals surface area contributed by atoms with Crippen LogP contribution in [0.2, 0.25) is 0 Å². The second-order valence-electron chi connectivity index (χ2n) is 4.31. The molecule has 0 saturated carbocycles. The first-order valence-corrected chi connectivity index (χ1v) is 7.61. The predicted molar refractivity (Wildman–Crippen MR) is 86.3 cm³/mol. The van der Waals surface area contributed by atoms with Crippen molar-refractivity contribution in [2.75, 3.05) is 20.3 Å². The van der Waals surface area contributed by atoms with Crippen LogP contribution in [0.1, 0.15) is 32.3 Å². The number of halogens is 1. The molecule has 1 rings (SSSR count). The summed E-state index contributed by atoms with van der Waals surface area (Å²) in [6, 6.07) is 4.07. The van der Waals surface area contributed by atoms with Gasteiger partial charge in [0.2, 0.25) is 0 Å². The molecule has 1 N–H and O–H groups in total. The van der Waals surface area contributed by atoms with E-state index in [4.69, 9.17) is 9.47 Å². The molecular weight excluding hydrogens is 318 g/mol. The van der Waals surface area contributed by atoms with Crippen LogP contribution in [0.15, 0.2) is 16.6 Å². The summed E-state index contributed by atoms with van der Waals surface area (Å²) >= 11 is 3.55. The lowest BCUT2D eigenvalue weighted by Gasteiger charge is -2.14. The zero-order valence-corrected chi connectivity index (χ0v) is 14.0. The van der Waals surface area contributed by atoms with E-state index in [0.717, 1.165) is 47.5 Å². The third kappa shape index (κ3) is 5.44. The highest BCUT2D eigenvalue weighted by atomic mass is 79.9. The minimum atomic E-state index is 0.683. The maximum absolute atomic E-state index is 5.71. The largest absolute Gasteiger partial charge is 0.493 e. The second kappa shape index (κ2) is 9.68. The van der Waals surface area contributed by atoms with E-state index >= 15 is 0 Å². The van der Waals surface area contributed by atoms with Gasteiger partial charge in [-0.25, -0.2) is 0 Å². The maximum atomic E-state index is 5.71. The monoisotopic (exact) mass is 339 g/mol. The Morgan fingerprint density at radius 2 is 2.15 bits per heavy atom. The molecule has 0 aliphatic carbocycles. The first-order valence-electron chi connectivity index (χ1n) is 6.82. The Hall–Kier alpha value is -1.18. The van der Waals surface area contributed by atoms with Crippen molar-refractivity contribution in [3.8, 4) is 23.3 Å². The summed E-state index contributed by atoms with van der Waals surface area (Å²) < 4.78 is 12.0. The number of hydrogen-bond acceptors (Lipinski definition) is 3. The number of methoxy groups -OCH3 is 1. The quantitative estimate of drug-likeness (QED) is 0.578. The van der Waals surface area contributed by atoms with Crippen molar-refractivity contribution in [3.63, 3.8) is 0 Å². The summed E-state index contributed by atoms with van der Waals surface area (Å²) in [5.41, 5.74) is 1.15. The molecule has 0 spiro atoms. The van der Waals surface area contributed by atoms with Gasteiger partial charge in [-0.05, 0) is 47.0 Å². The van der Waals surface area contributed by atoms with E-state index in [9.17, 15) is 0 Å². The number of benzene rings is 1. The molecule has 0 aliphatic rings. The lowest BCUT2D eigenvalue weighted by molar-refractivity contribution is 0.292. The first-order chi connectivity index (χ1) is 9.72. The molecule has 0 bridgehead atoms. The highest BCUT2D eigenvalue weighted by molar-refractivity contribution is 9.10. The van der Waals surface area contributed by atoms with Crippen molar-refractivity contribution in [1.82, 2.24) is 5.32 Å². The fourth-order valence-electron chi connectivity index (χ4n) is 1.73. The standard InChI is InChI=1S/C16H22BrNO2/c1-4-6-7-8-18-12-13-10-14(17)16(20-9-5-2)15(11-13)19-3/h10-11,18H,5,7-9,12H2,1-3H3. The van der Waals surface area contributed by atoms with E-state index in [2.05, 4.69) is 46.1 Å². The van der Waals surface area contributed by atoms with E-state index in [1.807, 2.05) is 13.0 Å². The van der Waals surface area contributed by atoms with Crippen LogP contribution in [0.3, 0.4) is 0 Å². The van der Waals surface area contributed by atoms with Crippen molar-refractivity contribution >= 4 is 15.9 Å². The third-order valence-electron chi connectivity index (χ3n) is 2.67. The average molecular weight is 340 g/mol. The van der Waals surface area contributed by atoms with Gasteiger partial charge in [0.25, 0.3) is 0 Å². The maximum Gasteiger partial charge on any atom is 0.175 e. The molecule has 0 amide bonds. The normalized spacial score (nSPS) is 9.80. The van der Waals surface area contributed by atoms with Gasteiger partial charge in [0.15, 0.2) is 11.5 Å². The molecule has 0 unspecified atom stereocenters. The minimum Gasteiger partial charge on any atom is -0.493 e. The van der Waals surface area contributed by atoms with Gasteiger partial charge in [-0.15, -0.1) is 11.8 Å². The number of hydrogen-bond donors (Lipinski definition) is 1. The molecular formula is C16H22BrNO2. The van der Waals surface area contributed by atoms with Crippen LogP contribution >= 0.6 is 15.9 Å². The molecule has 0 saturated heterocycles. The van der Waals surface area contributed by atoms with Crippen LogP contribution in [-0.2, 0) is 6.54 Å². The first kappa shape index (κ1) is 16.9. The Morgan fingerprint density at radius 1 is 1.35 bits per heavy atom. The van der Waals surface area contributed by atoms with E-state index in [1.165, 1.54) is 0 Å². The summed E-state index contributed by atoms with van der Waals surface area (Å²) in [4.78, 5) is 0. The molecule has 3 nitrogen and oxygen atoms in total. The molecule has 4 heteroatoms. The van der Waals surface area contributed by atoms with Gasteiger partial charge in [0, 0.05) is 19.5 Å². The van der Waals surface area contributed by atoms with Gasteiger partial charge in [-0.2, -0.15) is 0 Å². The van der Waals surface area contributed by atoms with E-state index < -0.39 is 0 Å². The van der Waals surface area contributed by atoms with Crippen molar-refractivity contribution in [2.24, 2.45) is 0 Å². The molecule has 20 heavy (non-hydrogen) atoms. The molecule has 0 atom stereocenters. The molecule has 0 heterocycles. The summed E-state index contributed by atoms with van der Waals surface area (Å²) in [6.07, 6.45) is 1.84. The molecule has 0 aromatic heterocycles. The second-order valence-corrected chi connectivity index (χ2v) is 5.17. The van der Waals surface area contributed by atoms with Gasteiger partial charge in [-0.1, -0.05) is 6.92 Å². The van der Waals surface area contributed by atoms with Gasteiger partial charge in [-0.3, -0.25) is 0 Å². The van der Waals surface area contributed by atoms with Crippen molar-refractivity contribution in [2.45, 2.75) is 33.2 Å². The van der Waals surface area contributed by atoms with Crippen molar-refractivity contribution < 1.29 is 9.47 Å². The van der Waals surface area contributed by atoms with Crippen molar-refractivity contribution in [3.05, 3.63) is 22.2 Å². The Balaban J connectivity index is 2.68. The summed E-state index contributed by atoms with van der Waals surface area (Å²) in [5, 5.41) is 3.36. The fraction of sp³-hybridized carbons (Fsp3) is 0.500. The topological polar surface area (TPSA) is 30.5 Å². The highest BCUT2D eigenvalue weighted by Crippen LogP contribution is 2.36. The van der Waals surface area contributed by atoms with Gasteiger partial charge < -0.3 is 14.8 Å². The third-order valence-corrected chi connectivity index (χ3v) is 3.26. The summed E-state index contributed by atoms with van der Waals surface area (Å²) in [7, 11) is 1.66. The Labute approximate surface area is 130 Å². The number of ether oxygens (including phenoxy) is 2. The Bertz CT molecular complexity index is 477. The molecule has 0 fully saturated rings. The van der Waals surface area contributed by atoms with Crippen LogP contribution in [-0.4, -0.2) is 20.3 Å². The number of rotatable bonds is 8. The summed E-state index contributed by atoms with van der Waals surface area (Å²) in [5.74, 6) is 7.46. The molecule has 1 aromatic rings. The summed E-state index contributed by atoms with van der Waals surface area (Å²) in [6.45, 7) is 6.29. The lowest BCUT2D eigenvalue weighted by Crippen LogP contribution is -2.14. The van der Waals surface area contributed by atoms with Crippen LogP contribution < -0.4 is 14.8 Å². The average Bonchev–Trinajstić information content (AvgIpc) is 2.45. The number of nitrogens with one attached hydrogen (secondary N) is 1. The van der Waals surface area contributed by atoms with Crippen LogP contribution in [0.5, 0.6) is 11.5 Å². The SMILES string of the molecule is CC#CCCNCc1cc(Br)c(OCCC)c(OC)c1. The van der Waals surface area contributed by atoms with E-state index in [0.29, 0.717) is 6.61 Å². The van der Waals surface area contributed by atoms with Crippen LogP contribution in [0.25, 0.3) is 0 Å². The van der Waals surface area contributed by atoms with Crippen LogP contribution in [0.4, 0.5) is 0 Å². The molecule has 110 valence electrons. The predicted octanol–water partition coefficient (Wildman–Crippen LogP) is 3.75. The van der Waals surface area contributed by atoms with Gasteiger partial charge in [0.05, 0.1) is 18.2 Å². The minimum absolute atomic E-state index is 0.683. The van der Waals surface area contributed by atoms with Crippen LogP contribution in [0, 0.1) is 11.8 Å². The smallest absolute Gasteiger partial charge is 0.175 e. The fourth-order valence-corrected chi connectivity index (χ4v) is 2.33. The van der Waals surface area contributed by atoms with Crippen molar-refractivity contribution in [1.29, 1.82) is 0 Å². The van der Waals surface area contributed by atoms with E-state index in [-0.39, 0.29) is 0 Å². The molecule has 1 aromatic carbocycles. The highest BCUT2D eigenvalue weighted by Gasteiger charge is 2.11. The molecule has 0 aliphatic heterocycles. The zero-order valence-electron chi connectivity index (χ0n) is 12.4.